The van der Waals surface area contributed by atoms with Gasteiger partial charge in [0.25, 0.3) is 0 Å². The van der Waals surface area contributed by atoms with Gasteiger partial charge in [0.2, 0.25) is 34.9 Å². The minimum atomic E-state index is -2.85. The van der Waals surface area contributed by atoms with Crippen molar-refractivity contribution in [3.05, 3.63) is 408 Å². The molecule has 0 saturated carbocycles. The van der Waals surface area contributed by atoms with Gasteiger partial charge in [0.1, 0.15) is 0 Å². The second-order valence-corrected chi connectivity index (χ2v) is 27.2. The van der Waals surface area contributed by atoms with Crippen LogP contribution in [-0.4, -0.2) is 44.1 Å². The first-order valence-corrected chi connectivity index (χ1v) is 34.2. The lowest BCUT2D eigenvalue weighted by atomic mass is 9.84. The topological polar surface area (TPSA) is 111 Å². The third-order valence-corrected chi connectivity index (χ3v) is 20.8. The summed E-state index contributed by atoms with van der Waals surface area (Å²) in [4.78, 5) is 10.1. The molecule has 0 radical (unpaired) electrons. The fourth-order valence-electron chi connectivity index (χ4n) is 15.5. The molecule has 612 valence electrons. The van der Waals surface area contributed by atoms with Crippen LogP contribution in [0.3, 0.4) is 0 Å². The van der Waals surface area contributed by atoms with E-state index in [1.165, 1.54) is 0 Å². The molecule has 8 aliphatic rings. The molecule has 12 heterocycles. The van der Waals surface area contributed by atoms with Crippen LogP contribution in [0, 0.1) is 175 Å². The molecule has 120 heavy (non-hydrogen) atoms. The largest absolute Gasteiger partial charge is 0.378 e. The SMILES string of the molecule is [2H]c1c([2H])c2c([2H])c([2H])c1=C1c3ccc([nH]3)C(c3c(F)c(F)c(F)c(F)c3F)=C3C=CC(N3)C(c3c(F)c(F)c(F)c(F)c3F)C3C=C/C(=C(\c4c(F)c(F)c(F)c(F)c4F)c4ccc([nH]4)C=2c2ccc([nH]2)/C(c2c(F)c(F)c(F)c(F)c2F)=C2/C=CC(N2)C(c2c(F)c(F)c(F)c(F)c2F)C2C=C/C(=C(\c4c(F)c(F)c(F)c(F)c4F)c4ccc1[nH]4)N2)N3. The van der Waals surface area contributed by atoms with Crippen molar-refractivity contribution >= 4 is 33.4 Å². The number of aromatic nitrogens is 4. The van der Waals surface area contributed by atoms with Crippen LogP contribution < -0.4 is 31.7 Å². The van der Waals surface area contributed by atoms with Crippen molar-refractivity contribution in [2.45, 2.75) is 36.0 Å². The number of H-pyrrole nitrogens is 4. The first kappa shape index (κ1) is 74.0. The second kappa shape index (κ2) is 28.6. The van der Waals surface area contributed by atoms with Crippen LogP contribution in [-0.2, 0) is 0 Å². The first-order chi connectivity index (χ1) is 58.7. The molecule has 0 aliphatic carbocycles. The third kappa shape index (κ3) is 11.7. The van der Waals surface area contributed by atoms with Crippen molar-refractivity contribution in [1.29, 1.82) is 0 Å². The summed E-state index contributed by atoms with van der Waals surface area (Å²) < 4.78 is 525. The van der Waals surface area contributed by atoms with Gasteiger partial charge >= 0.3 is 0 Å². The maximum atomic E-state index is 17.0. The minimum absolute atomic E-state index is 0.624. The molecule has 20 bridgehead atoms. The molecule has 0 spiro atoms. The maximum Gasteiger partial charge on any atom is 0.200 e. The summed E-state index contributed by atoms with van der Waals surface area (Å²) in [6.07, 6.45) is 5.23. The first-order valence-electron chi connectivity index (χ1n) is 36.2. The molecule has 4 aromatic heterocycles. The zero-order valence-electron chi connectivity index (χ0n) is 62.0. The highest BCUT2D eigenvalue weighted by Gasteiger charge is 2.46. The van der Waals surface area contributed by atoms with E-state index in [-0.39, 0.29) is 0 Å². The zero-order valence-corrected chi connectivity index (χ0v) is 58.0. The highest BCUT2D eigenvalue weighted by Crippen LogP contribution is 2.48. The van der Waals surface area contributed by atoms with Crippen LogP contribution in [0.2, 0.25) is 0 Å². The molecule has 0 amide bonds. The number of benzene rings is 7. The molecule has 6 unspecified atom stereocenters. The Kier molecular flexibility index (Phi) is 17.6. The van der Waals surface area contributed by atoms with Crippen LogP contribution in [0.5, 0.6) is 0 Å². The number of rotatable bonds is 6. The minimum Gasteiger partial charge on any atom is -0.378 e. The molecule has 19 rings (SSSR count). The molecule has 0 saturated heterocycles. The molecule has 6 atom stereocenters. The van der Waals surface area contributed by atoms with Crippen LogP contribution in [0.1, 0.15) is 96.3 Å². The number of hydrogen-bond acceptors (Lipinski definition) is 4. The van der Waals surface area contributed by atoms with E-state index >= 15 is 132 Å². The van der Waals surface area contributed by atoms with Gasteiger partial charge in [-0.05, 0) is 83.3 Å². The molecule has 8 nitrogen and oxygen atoms in total. The van der Waals surface area contributed by atoms with Crippen molar-refractivity contribution in [3.8, 4) is 0 Å². The summed E-state index contributed by atoms with van der Waals surface area (Å²) >= 11 is 0. The van der Waals surface area contributed by atoms with E-state index in [2.05, 4.69) is 41.2 Å². The van der Waals surface area contributed by atoms with Gasteiger partial charge < -0.3 is 41.2 Å². The highest BCUT2D eigenvalue weighted by atomic mass is 19.2. The predicted octanol–water partition coefficient (Wildman–Crippen LogP) is 18.4. The third-order valence-electron chi connectivity index (χ3n) is 20.8. The number of hydrogen-bond donors (Lipinski definition) is 8. The molecule has 0 fully saturated rings. The Hall–Kier alpha value is -13.6. The molecule has 11 aromatic rings. The van der Waals surface area contributed by atoms with E-state index in [0.717, 1.165) is 24.3 Å². The Bertz CT molecular complexity index is 6200. The summed E-state index contributed by atoms with van der Waals surface area (Å²) in [5.74, 6) is -88.0. The van der Waals surface area contributed by atoms with Crippen LogP contribution in [0.15, 0.2) is 144 Å². The normalized spacial score (nSPS) is 21.0. The standard InChI is InChI=1S/C82H34F30N8/c83-53-47(54(84)66(96)77(107)65(53)95)41-27-9-5-23(113-27)39-21-1-2-22(4-3-21)40(25-7-11-29(115-25)43(49-57(87)69(99)79(109)70(100)58(49)88)33-15-19-37(119-33)45(35-17-13-31(41)117-35)51-61(91)73(103)81(111)74(104)62(51)92)26-8-12-30(116-26)44(50-59(89)71(101)80(110)72(102)60(50)90)34-16-20-38(120-34)46(52-63(93)75(105)82(112)76(106)64(52)94)36-18-14-32(118-36)42(28-10-6-24(39)114-28)48-55(85)67(97)78(108)68(98)56(48)86/h1-20,35-38,45-46,113-120H/b39-21?,40-22?,41-31+,42-32+,43-33+,44-34?/i1D,2D,3D,4D. The van der Waals surface area contributed by atoms with E-state index in [0.29, 0.717) is 72.9 Å². The molecule has 8 N–H and O–H groups in total. The number of halogens is 30. The fraction of sp³-hybridized carbons (Fsp3) is 0.0732. The summed E-state index contributed by atoms with van der Waals surface area (Å²) in [6, 6.07) is -9.16. The lowest BCUT2D eigenvalue weighted by Gasteiger charge is -2.31. The quantitative estimate of drug-likeness (QED) is 0.0482. The maximum absolute atomic E-state index is 17.0. The summed E-state index contributed by atoms with van der Waals surface area (Å²) in [7, 11) is 0. The summed E-state index contributed by atoms with van der Waals surface area (Å²) in [6.45, 7) is 0. The van der Waals surface area contributed by atoms with Crippen LogP contribution in [0.25, 0.3) is 33.4 Å². The zero-order chi connectivity index (χ0) is 89.1. The van der Waals surface area contributed by atoms with Gasteiger partial charge in [-0.15, -0.1) is 0 Å². The predicted molar refractivity (Wildman–Crippen MR) is 363 cm³/mol. The van der Waals surface area contributed by atoms with Gasteiger partial charge in [0, 0.05) is 125 Å². The van der Waals surface area contributed by atoms with Gasteiger partial charge in [-0.3, -0.25) is 0 Å². The summed E-state index contributed by atoms with van der Waals surface area (Å²) in [5.41, 5.74) is -30.9. The van der Waals surface area contributed by atoms with Gasteiger partial charge in [-0.1, -0.05) is 48.5 Å². The fourth-order valence-corrected chi connectivity index (χ4v) is 15.5. The molecule has 8 aliphatic heterocycles. The molecule has 38 heteroatoms. The van der Waals surface area contributed by atoms with Gasteiger partial charge in [0.15, 0.2) is 140 Å². The van der Waals surface area contributed by atoms with E-state index in [1.807, 2.05) is 0 Å². The van der Waals surface area contributed by atoms with E-state index in [9.17, 15) is 5.48 Å². The Labute approximate surface area is 653 Å². The number of allylic oxidation sites excluding steroid dienone is 4. The Morgan fingerprint density at radius 3 is 0.517 bits per heavy atom. The van der Waals surface area contributed by atoms with E-state index in [4.69, 9.17) is 0 Å². The molecule has 7 aromatic carbocycles. The van der Waals surface area contributed by atoms with E-state index in [1.54, 1.807) is 0 Å². The lowest BCUT2D eigenvalue weighted by molar-refractivity contribution is 0.350. The molecular formula is C82H34F30N8. The summed E-state index contributed by atoms with van der Waals surface area (Å²) in [5, 5.41) is 7.40. The van der Waals surface area contributed by atoms with Gasteiger partial charge in [-0.25, -0.2) is 132 Å². The van der Waals surface area contributed by atoms with Crippen LogP contribution >= 0.6 is 0 Å². The molecular weight excluding hydrogens is 1670 g/mol. The second-order valence-electron chi connectivity index (χ2n) is 27.2. The monoisotopic (exact) mass is 1700 g/mol. The average Bonchev–Trinajstić information content (AvgIpc) is 1.53. The van der Waals surface area contributed by atoms with Gasteiger partial charge in [0.05, 0.1) is 51.9 Å². The number of aromatic amines is 4. The smallest absolute Gasteiger partial charge is 0.200 e. The van der Waals surface area contributed by atoms with Crippen molar-refractivity contribution in [1.82, 2.24) is 41.2 Å². The Balaban J connectivity index is 1.06. The van der Waals surface area contributed by atoms with Gasteiger partial charge in [-0.2, -0.15) is 0 Å². The highest BCUT2D eigenvalue weighted by molar-refractivity contribution is 5.91. The Morgan fingerprint density at radius 2 is 0.342 bits per heavy atom. The Morgan fingerprint density at radius 1 is 0.192 bits per heavy atom. The van der Waals surface area contributed by atoms with Crippen molar-refractivity contribution < 1.29 is 137 Å². The lowest BCUT2D eigenvalue weighted by Crippen LogP contribution is -2.41. The number of nitrogens with one attached hydrogen (secondary N) is 8. The van der Waals surface area contributed by atoms with Crippen molar-refractivity contribution in [3.63, 3.8) is 0 Å². The average molecular weight is 1710 g/mol. The van der Waals surface area contributed by atoms with E-state index < -0.39 is 380 Å². The van der Waals surface area contributed by atoms with Crippen molar-refractivity contribution in [2.24, 2.45) is 0 Å². The van der Waals surface area contributed by atoms with Crippen molar-refractivity contribution in [2.75, 3.05) is 0 Å². The van der Waals surface area contributed by atoms with Crippen LogP contribution in [0.4, 0.5) is 132 Å².